The number of alkyl carbamates (subject to hydrolysis) is 1. The summed E-state index contributed by atoms with van der Waals surface area (Å²) in [5.74, 6) is -1.78. The highest BCUT2D eigenvalue weighted by Gasteiger charge is 2.29. The first-order valence-corrected chi connectivity index (χ1v) is 11.0. The zero-order valence-corrected chi connectivity index (χ0v) is 18.6. The Morgan fingerprint density at radius 1 is 0.969 bits per heavy atom. The summed E-state index contributed by atoms with van der Waals surface area (Å²) < 4.78 is 5.54. The Balaban J connectivity index is 1.57. The number of rotatable bonds is 9. The summed E-state index contributed by atoms with van der Waals surface area (Å²) in [5, 5.41) is 14.5. The van der Waals surface area contributed by atoms with E-state index in [1.165, 1.54) is 0 Å². The van der Waals surface area contributed by atoms with E-state index >= 15 is 0 Å². The Labute approximate surface area is 188 Å². The van der Waals surface area contributed by atoms with Gasteiger partial charge in [-0.3, -0.25) is 4.79 Å². The van der Waals surface area contributed by atoms with E-state index in [9.17, 15) is 19.5 Å². The molecule has 7 heteroatoms. The van der Waals surface area contributed by atoms with Crippen LogP contribution in [0, 0.1) is 5.92 Å². The van der Waals surface area contributed by atoms with Crippen molar-refractivity contribution in [2.24, 2.45) is 5.92 Å². The number of aliphatic carboxylic acids is 1. The summed E-state index contributed by atoms with van der Waals surface area (Å²) in [6.45, 7) is 5.49. The molecule has 1 aliphatic carbocycles. The molecular formula is C25H30N2O5. The van der Waals surface area contributed by atoms with Crippen molar-refractivity contribution in [1.29, 1.82) is 0 Å². The molecule has 2 aromatic rings. The molecular weight excluding hydrogens is 408 g/mol. The van der Waals surface area contributed by atoms with E-state index in [4.69, 9.17) is 4.74 Å². The molecule has 3 rings (SSSR count). The fraction of sp³-hybridized carbons (Fsp3) is 0.400. The molecule has 0 aromatic heterocycles. The van der Waals surface area contributed by atoms with Crippen molar-refractivity contribution in [2.75, 3.05) is 6.61 Å². The molecule has 1 aliphatic rings. The van der Waals surface area contributed by atoms with Crippen molar-refractivity contribution in [1.82, 2.24) is 10.6 Å². The fourth-order valence-electron chi connectivity index (χ4n) is 4.07. The van der Waals surface area contributed by atoms with E-state index in [0.29, 0.717) is 6.42 Å². The van der Waals surface area contributed by atoms with Gasteiger partial charge in [0, 0.05) is 18.4 Å². The van der Waals surface area contributed by atoms with E-state index < -0.39 is 30.1 Å². The topological polar surface area (TPSA) is 105 Å². The van der Waals surface area contributed by atoms with Crippen LogP contribution < -0.4 is 10.6 Å². The number of hydrogen-bond acceptors (Lipinski definition) is 4. The molecule has 0 saturated heterocycles. The van der Waals surface area contributed by atoms with E-state index in [0.717, 1.165) is 22.3 Å². The van der Waals surface area contributed by atoms with Gasteiger partial charge in [-0.1, -0.05) is 69.3 Å². The normalized spacial score (nSPS) is 14.2. The van der Waals surface area contributed by atoms with Gasteiger partial charge in [-0.25, -0.2) is 9.59 Å². The van der Waals surface area contributed by atoms with Crippen LogP contribution in [0.15, 0.2) is 48.5 Å². The Kier molecular flexibility index (Phi) is 7.51. The van der Waals surface area contributed by atoms with Crippen molar-refractivity contribution < 1.29 is 24.2 Å². The van der Waals surface area contributed by atoms with Gasteiger partial charge in [0.25, 0.3) is 0 Å². The minimum atomic E-state index is -1.08. The molecule has 0 spiro atoms. The van der Waals surface area contributed by atoms with Crippen molar-refractivity contribution in [3.8, 4) is 11.1 Å². The molecule has 3 N–H and O–H groups in total. The number of hydrogen-bond donors (Lipinski definition) is 3. The van der Waals surface area contributed by atoms with Crippen LogP contribution in [0.5, 0.6) is 0 Å². The van der Waals surface area contributed by atoms with Crippen LogP contribution in [-0.4, -0.2) is 41.8 Å². The van der Waals surface area contributed by atoms with E-state index in [-0.39, 0.29) is 24.9 Å². The molecule has 2 amide bonds. The van der Waals surface area contributed by atoms with Crippen LogP contribution in [0.25, 0.3) is 11.1 Å². The molecule has 2 atom stereocenters. The first-order chi connectivity index (χ1) is 15.3. The molecule has 0 bridgehead atoms. The Hall–Kier alpha value is -3.35. The second-order valence-electron chi connectivity index (χ2n) is 8.41. The second kappa shape index (κ2) is 10.3. The predicted octanol–water partition coefficient (Wildman–Crippen LogP) is 3.92. The standard InChI is InChI=1S/C25H30N2O5/c1-4-16(13-22(28)27-23(15(2)3)24(29)30)26-25(31)32-14-21-19-11-7-5-9-17(19)18-10-6-8-12-20(18)21/h5-12,15-16,21,23H,4,13-14H2,1-3H3,(H,26,31)(H,27,28)(H,29,30)/t16?,23-/m1/s1. The van der Waals surface area contributed by atoms with Gasteiger partial charge in [0.1, 0.15) is 12.6 Å². The average molecular weight is 439 g/mol. The van der Waals surface area contributed by atoms with Gasteiger partial charge in [0.05, 0.1) is 0 Å². The number of amides is 2. The van der Waals surface area contributed by atoms with Crippen molar-refractivity contribution in [3.05, 3.63) is 59.7 Å². The SMILES string of the molecule is CCC(CC(=O)N[C@@H](C(=O)O)C(C)C)NC(=O)OCC1c2ccccc2-c2ccccc21. The number of ether oxygens (including phenoxy) is 1. The smallest absolute Gasteiger partial charge is 0.407 e. The summed E-state index contributed by atoms with van der Waals surface area (Å²) in [5.41, 5.74) is 4.55. The van der Waals surface area contributed by atoms with E-state index in [2.05, 4.69) is 22.8 Å². The van der Waals surface area contributed by atoms with Crippen LogP contribution in [0.1, 0.15) is 50.7 Å². The van der Waals surface area contributed by atoms with Crippen LogP contribution in [0.2, 0.25) is 0 Å². The van der Waals surface area contributed by atoms with Crippen molar-refractivity contribution in [3.63, 3.8) is 0 Å². The molecule has 2 aromatic carbocycles. The molecule has 170 valence electrons. The van der Waals surface area contributed by atoms with Gasteiger partial charge in [-0.15, -0.1) is 0 Å². The van der Waals surface area contributed by atoms with Gasteiger partial charge < -0.3 is 20.5 Å². The van der Waals surface area contributed by atoms with Gasteiger partial charge >= 0.3 is 12.1 Å². The number of carboxylic acid groups (broad SMARTS) is 1. The lowest BCUT2D eigenvalue weighted by molar-refractivity contribution is -0.143. The predicted molar refractivity (Wildman–Crippen MR) is 121 cm³/mol. The lowest BCUT2D eigenvalue weighted by Gasteiger charge is -2.21. The number of carbonyl (C=O) groups is 3. The molecule has 0 heterocycles. The Morgan fingerprint density at radius 2 is 1.53 bits per heavy atom. The largest absolute Gasteiger partial charge is 0.480 e. The number of carbonyl (C=O) groups excluding carboxylic acids is 2. The average Bonchev–Trinajstić information content (AvgIpc) is 3.09. The van der Waals surface area contributed by atoms with Crippen LogP contribution in [0.3, 0.4) is 0 Å². The van der Waals surface area contributed by atoms with Crippen molar-refractivity contribution in [2.45, 2.75) is 51.6 Å². The van der Waals surface area contributed by atoms with Crippen LogP contribution >= 0.6 is 0 Å². The summed E-state index contributed by atoms with van der Waals surface area (Å²) in [4.78, 5) is 36.0. The number of nitrogens with one attached hydrogen (secondary N) is 2. The maximum Gasteiger partial charge on any atom is 0.407 e. The zero-order valence-electron chi connectivity index (χ0n) is 18.6. The molecule has 0 fully saturated rings. The number of carboxylic acids is 1. The third kappa shape index (κ3) is 5.28. The molecule has 32 heavy (non-hydrogen) atoms. The highest BCUT2D eigenvalue weighted by Crippen LogP contribution is 2.44. The summed E-state index contributed by atoms with van der Waals surface area (Å²) >= 11 is 0. The minimum Gasteiger partial charge on any atom is -0.480 e. The quantitative estimate of drug-likeness (QED) is 0.550. The Morgan fingerprint density at radius 3 is 2.03 bits per heavy atom. The third-order valence-electron chi connectivity index (χ3n) is 5.84. The molecule has 1 unspecified atom stereocenters. The molecule has 7 nitrogen and oxygen atoms in total. The maximum atomic E-state index is 12.5. The monoisotopic (exact) mass is 438 g/mol. The van der Waals surface area contributed by atoms with Gasteiger partial charge in [0.2, 0.25) is 5.91 Å². The lowest BCUT2D eigenvalue weighted by atomic mass is 9.98. The molecule has 0 aliphatic heterocycles. The highest BCUT2D eigenvalue weighted by atomic mass is 16.5. The van der Waals surface area contributed by atoms with E-state index in [1.807, 2.05) is 43.3 Å². The Bertz CT molecular complexity index is 942. The number of benzene rings is 2. The van der Waals surface area contributed by atoms with Gasteiger partial charge in [-0.05, 0) is 34.6 Å². The van der Waals surface area contributed by atoms with Crippen molar-refractivity contribution >= 4 is 18.0 Å². The molecule has 0 radical (unpaired) electrons. The first kappa shape index (κ1) is 23.3. The number of fused-ring (bicyclic) bond motifs is 3. The maximum absolute atomic E-state index is 12.5. The van der Waals surface area contributed by atoms with E-state index in [1.54, 1.807) is 13.8 Å². The fourth-order valence-corrected chi connectivity index (χ4v) is 4.07. The zero-order chi connectivity index (χ0) is 23.3. The van der Waals surface area contributed by atoms with Gasteiger partial charge in [-0.2, -0.15) is 0 Å². The first-order valence-electron chi connectivity index (χ1n) is 11.0. The highest BCUT2D eigenvalue weighted by molar-refractivity contribution is 5.84. The third-order valence-corrected chi connectivity index (χ3v) is 5.84. The van der Waals surface area contributed by atoms with Gasteiger partial charge in [0.15, 0.2) is 0 Å². The summed E-state index contributed by atoms with van der Waals surface area (Å²) in [6.07, 6.45) is -0.0982. The lowest BCUT2D eigenvalue weighted by Crippen LogP contribution is -2.47. The minimum absolute atomic E-state index is 0.0167. The van der Waals surface area contributed by atoms with Crippen LogP contribution in [-0.2, 0) is 14.3 Å². The summed E-state index contributed by atoms with van der Waals surface area (Å²) in [6, 6.07) is 14.8. The second-order valence-corrected chi connectivity index (χ2v) is 8.41. The van der Waals surface area contributed by atoms with Crippen LogP contribution in [0.4, 0.5) is 4.79 Å². The molecule has 0 saturated carbocycles. The summed E-state index contributed by atoms with van der Waals surface area (Å²) in [7, 11) is 0.